The van der Waals surface area contributed by atoms with E-state index in [4.69, 9.17) is 5.73 Å². The van der Waals surface area contributed by atoms with Crippen LogP contribution in [0.3, 0.4) is 0 Å². The van der Waals surface area contributed by atoms with Crippen LogP contribution in [0.1, 0.15) is 31.4 Å². The molecule has 0 radical (unpaired) electrons. The maximum atomic E-state index is 13.3. The normalized spacial score (nSPS) is 11.7. The van der Waals surface area contributed by atoms with E-state index in [9.17, 15) is 18.0 Å². The van der Waals surface area contributed by atoms with Crippen molar-refractivity contribution in [1.82, 2.24) is 24.0 Å². The number of sulfone groups is 1. The highest BCUT2D eigenvalue weighted by Gasteiger charge is 2.27. The number of nitrogens with two attached hydrogens (primary N) is 1. The minimum absolute atomic E-state index is 0.00198. The summed E-state index contributed by atoms with van der Waals surface area (Å²) in [6.45, 7) is 5.89. The summed E-state index contributed by atoms with van der Waals surface area (Å²) in [7, 11) is -2.24. The number of hydrogen-bond donors (Lipinski definition) is 1. The van der Waals surface area contributed by atoms with Gasteiger partial charge in [-0.3, -0.25) is 4.57 Å². The Balaban J connectivity index is 2.32. The highest BCUT2D eigenvalue weighted by atomic mass is 32.2. The maximum absolute atomic E-state index is 13.3. The summed E-state index contributed by atoms with van der Waals surface area (Å²) in [6, 6.07) is 6.90. The van der Waals surface area contributed by atoms with Gasteiger partial charge in [-0.2, -0.15) is 9.97 Å². The smallest absolute Gasteiger partial charge is 0.339 e. The van der Waals surface area contributed by atoms with Crippen molar-refractivity contribution in [1.29, 1.82) is 0 Å². The molecular formula is C20H26N6O4S. The highest BCUT2D eigenvalue weighted by molar-refractivity contribution is 7.91. The van der Waals surface area contributed by atoms with Gasteiger partial charge < -0.3 is 10.6 Å². The zero-order chi connectivity index (χ0) is 22.9. The lowest BCUT2D eigenvalue weighted by molar-refractivity contribution is 0.212. The molecule has 2 heterocycles. The molecule has 166 valence electrons. The highest BCUT2D eigenvalue weighted by Crippen LogP contribution is 2.21. The summed E-state index contributed by atoms with van der Waals surface area (Å²) < 4.78 is 27.3. The first-order valence-electron chi connectivity index (χ1n) is 9.93. The van der Waals surface area contributed by atoms with Gasteiger partial charge >= 0.3 is 11.7 Å². The molecule has 0 spiro atoms. The molecule has 31 heavy (non-hydrogen) atoms. The molecule has 0 saturated heterocycles. The Bertz CT molecular complexity index is 1290. The van der Waals surface area contributed by atoms with Crippen LogP contribution in [0.5, 0.6) is 0 Å². The number of aryl methyl sites for hydroxylation is 1. The van der Waals surface area contributed by atoms with Crippen LogP contribution in [0.25, 0.3) is 11.2 Å². The van der Waals surface area contributed by atoms with Crippen LogP contribution in [0.4, 0.5) is 10.6 Å². The van der Waals surface area contributed by atoms with E-state index in [0.29, 0.717) is 13.0 Å². The lowest BCUT2D eigenvalue weighted by atomic mass is 10.1. The van der Waals surface area contributed by atoms with Gasteiger partial charge in [0.25, 0.3) is 5.16 Å². The number of imidazole rings is 1. The third kappa shape index (κ3) is 4.18. The van der Waals surface area contributed by atoms with E-state index in [2.05, 4.69) is 9.97 Å². The van der Waals surface area contributed by atoms with E-state index >= 15 is 0 Å². The van der Waals surface area contributed by atoms with Crippen LogP contribution in [-0.4, -0.2) is 57.8 Å². The molecule has 0 fully saturated rings. The molecule has 0 saturated carbocycles. The summed E-state index contributed by atoms with van der Waals surface area (Å²) in [6.07, 6.45) is 0.376. The number of fused-ring (bicyclic) bond motifs is 1. The third-order valence-corrected chi connectivity index (χ3v) is 6.66. The van der Waals surface area contributed by atoms with Crippen molar-refractivity contribution in [3.63, 3.8) is 0 Å². The number of nitrogen functional groups attached to an aromatic ring is 1. The van der Waals surface area contributed by atoms with Gasteiger partial charge in [0.15, 0.2) is 11.5 Å². The number of anilines is 1. The Hall–Kier alpha value is -3.21. The largest absolute Gasteiger partial charge is 0.382 e. The van der Waals surface area contributed by atoms with Gasteiger partial charge in [-0.15, -0.1) is 0 Å². The van der Waals surface area contributed by atoms with Crippen molar-refractivity contribution in [3.05, 3.63) is 45.9 Å². The molecule has 0 aliphatic heterocycles. The summed E-state index contributed by atoms with van der Waals surface area (Å²) in [5.41, 5.74) is 7.25. The first-order valence-corrected chi connectivity index (χ1v) is 11.6. The van der Waals surface area contributed by atoms with Crippen molar-refractivity contribution in [2.75, 3.05) is 25.1 Å². The first-order chi connectivity index (χ1) is 14.6. The number of amides is 1. The Labute approximate surface area is 180 Å². The fourth-order valence-corrected chi connectivity index (χ4v) is 4.33. The topological polar surface area (TPSA) is 133 Å². The summed E-state index contributed by atoms with van der Waals surface area (Å²) in [5, 5.41) is -0.453. The van der Waals surface area contributed by atoms with Gasteiger partial charge in [0, 0.05) is 13.6 Å². The molecule has 0 unspecified atom stereocenters. The number of carbonyl (C=O) groups excluding carboxylic acids is 1. The number of aromatic nitrogens is 4. The Morgan fingerprint density at radius 3 is 2.39 bits per heavy atom. The van der Waals surface area contributed by atoms with E-state index in [1.54, 1.807) is 20.9 Å². The molecule has 11 heteroatoms. The van der Waals surface area contributed by atoms with Crippen LogP contribution < -0.4 is 11.4 Å². The van der Waals surface area contributed by atoms with E-state index in [1.165, 1.54) is 9.47 Å². The second-order valence-corrected chi connectivity index (χ2v) is 9.37. The van der Waals surface area contributed by atoms with Crippen LogP contribution in [-0.2, 0) is 16.4 Å². The standard InChI is InChI=1S/C20H26N6O4S/c1-5-11-31(29,30)18-22-16(21)15-17(23-18)25(12-14-9-7-13(3)8-10-14)20(28)26(15)19(27)24(4)6-2/h7-10H,5-6,11-12H2,1-4H3,(H2,21,22,23). The molecule has 1 amide bonds. The Kier molecular flexibility index (Phi) is 6.16. The monoisotopic (exact) mass is 446 g/mol. The number of rotatable bonds is 6. The quantitative estimate of drug-likeness (QED) is 0.569. The van der Waals surface area contributed by atoms with Crippen molar-refractivity contribution < 1.29 is 13.2 Å². The maximum Gasteiger partial charge on any atom is 0.339 e. The zero-order valence-electron chi connectivity index (χ0n) is 18.0. The van der Waals surface area contributed by atoms with Crippen LogP contribution >= 0.6 is 0 Å². The van der Waals surface area contributed by atoms with E-state index < -0.39 is 26.7 Å². The van der Waals surface area contributed by atoms with Gasteiger partial charge in [-0.05, 0) is 25.8 Å². The molecule has 10 nitrogen and oxygen atoms in total. The molecule has 2 N–H and O–H groups in total. The summed E-state index contributed by atoms with van der Waals surface area (Å²) in [5.74, 6) is -0.393. The Morgan fingerprint density at radius 1 is 1.16 bits per heavy atom. The van der Waals surface area contributed by atoms with Crippen LogP contribution in [0, 0.1) is 6.92 Å². The summed E-state index contributed by atoms with van der Waals surface area (Å²) >= 11 is 0. The zero-order valence-corrected chi connectivity index (χ0v) is 18.8. The van der Waals surface area contributed by atoms with E-state index in [0.717, 1.165) is 15.7 Å². The van der Waals surface area contributed by atoms with E-state index in [-0.39, 0.29) is 29.3 Å². The van der Waals surface area contributed by atoms with Gasteiger partial charge in [-0.25, -0.2) is 22.6 Å². The fraction of sp³-hybridized carbons (Fsp3) is 0.400. The lowest BCUT2D eigenvalue weighted by Crippen LogP contribution is -2.38. The number of benzene rings is 1. The van der Waals surface area contributed by atoms with Crippen molar-refractivity contribution in [3.8, 4) is 0 Å². The second kappa shape index (κ2) is 8.50. The first kappa shape index (κ1) is 22.5. The minimum atomic E-state index is -3.79. The predicted octanol–water partition coefficient (Wildman–Crippen LogP) is 1.64. The predicted molar refractivity (Wildman–Crippen MR) is 118 cm³/mol. The lowest BCUT2D eigenvalue weighted by Gasteiger charge is -2.14. The number of carbonyl (C=O) groups is 1. The molecule has 1 aromatic carbocycles. The molecule has 3 rings (SSSR count). The average molecular weight is 447 g/mol. The number of hydrogen-bond acceptors (Lipinski definition) is 7. The van der Waals surface area contributed by atoms with E-state index in [1.807, 2.05) is 31.2 Å². The molecular weight excluding hydrogens is 420 g/mol. The molecule has 0 atom stereocenters. The molecule has 0 aliphatic rings. The van der Waals surface area contributed by atoms with Gasteiger partial charge in [0.05, 0.1) is 12.3 Å². The second-order valence-electron chi connectivity index (χ2n) is 7.37. The SMILES string of the molecule is CCCS(=O)(=O)c1nc(N)c2c(n1)n(Cc1ccc(C)cc1)c(=O)n2C(=O)N(C)CC. The minimum Gasteiger partial charge on any atom is -0.382 e. The van der Waals surface area contributed by atoms with Gasteiger partial charge in [-0.1, -0.05) is 36.8 Å². The van der Waals surface area contributed by atoms with Crippen molar-refractivity contribution >= 4 is 32.9 Å². The third-order valence-electron chi connectivity index (χ3n) is 4.98. The summed E-state index contributed by atoms with van der Waals surface area (Å²) in [4.78, 5) is 35.6. The van der Waals surface area contributed by atoms with Gasteiger partial charge in [0.2, 0.25) is 9.84 Å². The van der Waals surface area contributed by atoms with Crippen molar-refractivity contribution in [2.45, 2.75) is 38.9 Å². The molecule has 0 aliphatic carbocycles. The van der Waals surface area contributed by atoms with Gasteiger partial charge in [0.1, 0.15) is 5.52 Å². The average Bonchev–Trinajstić information content (AvgIpc) is 3.00. The molecule has 2 aromatic heterocycles. The fourth-order valence-electron chi connectivity index (χ4n) is 3.15. The molecule has 3 aromatic rings. The van der Waals surface area contributed by atoms with Crippen LogP contribution in [0.2, 0.25) is 0 Å². The Morgan fingerprint density at radius 2 is 1.81 bits per heavy atom. The van der Waals surface area contributed by atoms with Crippen molar-refractivity contribution in [2.24, 2.45) is 0 Å². The van der Waals surface area contributed by atoms with Crippen LogP contribution in [0.15, 0.2) is 34.2 Å². The number of nitrogens with zero attached hydrogens (tertiary/aromatic N) is 5. The molecule has 0 bridgehead atoms.